The predicted octanol–water partition coefficient (Wildman–Crippen LogP) is 1.50. The van der Waals surface area contributed by atoms with Gasteiger partial charge in [-0.05, 0) is 19.3 Å². The zero-order valence-electron chi connectivity index (χ0n) is 15.9. The topological polar surface area (TPSA) is 84.9 Å². The molecule has 0 radical (unpaired) electrons. The zero-order valence-corrected chi connectivity index (χ0v) is 15.9. The van der Waals surface area contributed by atoms with Crippen LogP contribution in [0.4, 0.5) is 0 Å². The van der Waals surface area contributed by atoms with Gasteiger partial charge in [-0.3, -0.25) is 14.4 Å². The highest BCUT2D eigenvalue weighted by molar-refractivity contribution is 5.81. The molecule has 0 atom stereocenters. The normalized spacial score (nSPS) is 15.5. The maximum Gasteiger partial charge on any atom is 0.307 e. The molecule has 0 aromatic heterocycles. The average molecular weight is 356 g/mol. The number of ether oxygens (including phenoxy) is 2. The van der Waals surface area contributed by atoms with Crippen LogP contribution in [0.25, 0.3) is 0 Å². The molecule has 7 heteroatoms. The smallest absolute Gasteiger partial charge is 0.307 e. The minimum atomic E-state index is -0.432. The number of hydrogen-bond donors (Lipinski definition) is 1. The summed E-state index contributed by atoms with van der Waals surface area (Å²) in [6.45, 7) is 7.67. The molecule has 144 valence electrons. The number of carbonyl (C=O) groups is 3. The lowest BCUT2D eigenvalue weighted by molar-refractivity contribution is -0.143. The van der Waals surface area contributed by atoms with Crippen LogP contribution < -0.4 is 5.32 Å². The molecule has 1 saturated heterocycles. The van der Waals surface area contributed by atoms with E-state index in [0.29, 0.717) is 39.1 Å². The van der Waals surface area contributed by atoms with Gasteiger partial charge in [0.25, 0.3) is 0 Å². The molecular weight excluding hydrogens is 324 g/mol. The molecule has 25 heavy (non-hydrogen) atoms. The van der Waals surface area contributed by atoms with Crippen molar-refractivity contribution in [3.63, 3.8) is 0 Å². The van der Waals surface area contributed by atoms with Crippen molar-refractivity contribution in [2.24, 2.45) is 5.41 Å². The third kappa shape index (κ3) is 7.86. The van der Waals surface area contributed by atoms with Crippen molar-refractivity contribution >= 4 is 17.8 Å². The van der Waals surface area contributed by atoms with Crippen molar-refractivity contribution in [1.82, 2.24) is 10.2 Å². The molecule has 1 rings (SSSR count). The number of carbonyl (C=O) groups excluding carboxylic acids is 3. The molecule has 0 bridgehead atoms. The van der Waals surface area contributed by atoms with E-state index in [9.17, 15) is 14.4 Å². The molecule has 0 spiro atoms. The molecule has 0 saturated carbocycles. The third-order valence-corrected chi connectivity index (χ3v) is 4.27. The minimum absolute atomic E-state index is 0.0146. The second kappa shape index (κ2) is 10.4. The largest absolute Gasteiger partial charge is 0.469 e. The molecule has 0 aromatic carbocycles. The van der Waals surface area contributed by atoms with E-state index in [4.69, 9.17) is 4.74 Å². The summed E-state index contributed by atoms with van der Waals surface area (Å²) in [6, 6.07) is 0.107. The highest BCUT2D eigenvalue weighted by atomic mass is 16.5. The van der Waals surface area contributed by atoms with Crippen LogP contribution >= 0.6 is 0 Å². The van der Waals surface area contributed by atoms with Gasteiger partial charge in [0.05, 0.1) is 13.5 Å². The lowest BCUT2D eigenvalue weighted by atomic mass is 9.96. The van der Waals surface area contributed by atoms with E-state index in [-0.39, 0.29) is 30.2 Å². The highest BCUT2D eigenvalue weighted by Gasteiger charge is 2.26. The first kappa shape index (κ1) is 21.4. The van der Waals surface area contributed by atoms with Crippen LogP contribution in [0.3, 0.4) is 0 Å². The SMILES string of the molecule is COC(=O)CCN(C(=O)CCCNC(=O)C(C)(C)C)C1CCOCC1. The number of methoxy groups -OCH3 is 1. The summed E-state index contributed by atoms with van der Waals surface area (Å²) in [7, 11) is 1.35. The van der Waals surface area contributed by atoms with E-state index >= 15 is 0 Å². The molecule has 7 nitrogen and oxygen atoms in total. The molecule has 0 aromatic rings. The van der Waals surface area contributed by atoms with Crippen LogP contribution in [0.5, 0.6) is 0 Å². The fourth-order valence-corrected chi connectivity index (χ4v) is 2.67. The van der Waals surface area contributed by atoms with E-state index in [1.54, 1.807) is 4.90 Å². The first-order valence-corrected chi connectivity index (χ1v) is 8.98. The van der Waals surface area contributed by atoms with Gasteiger partial charge in [-0.25, -0.2) is 0 Å². The van der Waals surface area contributed by atoms with Crippen molar-refractivity contribution in [3.05, 3.63) is 0 Å². The summed E-state index contributed by atoms with van der Waals surface area (Å²) in [5.41, 5.74) is -0.432. The van der Waals surface area contributed by atoms with Crippen molar-refractivity contribution in [3.8, 4) is 0 Å². The van der Waals surface area contributed by atoms with Crippen LogP contribution in [-0.4, -0.2) is 62.1 Å². The van der Waals surface area contributed by atoms with Gasteiger partial charge < -0.3 is 19.7 Å². The Morgan fingerprint density at radius 1 is 1.16 bits per heavy atom. The zero-order chi connectivity index (χ0) is 18.9. The van der Waals surface area contributed by atoms with E-state index in [2.05, 4.69) is 10.1 Å². The summed E-state index contributed by atoms with van der Waals surface area (Å²) in [4.78, 5) is 37.6. The van der Waals surface area contributed by atoms with Crippen molar-refractivity contribution in [2.45, 2.75) is 58.9 Å². The van der Waals surface area contributed by atoms with E-state index in [1.165, 1.54) is 7.11 Å². The maximum absolute atomic E-state index is 12.6. The first-order chi connectivity index (χ1) is 11.8. The second-order valence-electron chi connectivity index (χ2n) is 7.37. The maximum atomic E-state index is 12.6. The fraction of sp³-hybridized carbons (Fsp3) is 0.833. The van der Waals surface area contributed by atoms with Crippen LogP contribution in [0.15, 0.2) is 0 Å². The van der Waals surface area contributed by atoms with Gasteiger partial charge in [-0.2, -0.15) is 0 Å². The van der Waals surface area contributed by atoms with Gasteiger partial charge in [0.15, 0.2) is 0 Å². The number of rotatable bonds is 8. The monoisotopic (exact) mass is 356 g/mol. The third-order valence-electron chi connectivity index (χ3n) is 4.27. The minimum Gasteiger partial charge on any atom is -0.469 e. The highest BCUT2D eigenvalue weighted by Crippen LogP contribution is 2.17. The van der Waals surface area contributed by atoms with Gasteiger partial charge in [-0.15, -0.1) is 0 Å². The van der Waals surface area contributed by atoms with Gasteiger partial charge in [0.2, 0.25) is 11.8 Å². The van der Waals surface area contributed by atoms with E-state index < -0.39 is 5.41 Å². The summed E-state index contributed by atoms with van der Waals surface area (Å²) in [5.74, 6) is -0.324. The Morgan fingerprint density at radius 3 is 2.36 bits per heavy atom. The molecule has 0 unspecified atom stereocenters. The molecule has 1 heterocycles. The molecule has 1 N–H and O–H groups in total. The standard InChI is InChI=1S/C18H32N2O5/c1-18(2,3)17(23)19-10-5-6-15(21)20(11-7-16(22)24-4)14-8-12-25-13-9-14/h14H,5-13H2,1-4H3,(H,19,23). The van der Waals surface area contributed by atoms with Crippen LogP contribution in [0, 0.1) is 5.41 Å². The lowest BCUT2D eigenvalue weighted by Gasteiger charge is -2.34. The van der Waals surface area contributed by atoms with Crippen molar-refractivity contribution in [2.75, 3.05) is 33.4 Å². The Morgan fingerprint density at radius 2 is 1.80 bits per heavy atom. The number of esters is 1. The number of nitrogens with zero attached hydrogens (tertiary/aromatic N) is 1. The lowest BCUT2D eigenvalue weighted by Crippen LogP contribution is -2.44. The summed E-state index contributed by atoms with van der Waals surface area (Å²) >= 11 is 0. The van der Waals surface area contributed by atoms with Gasteiger partial charge in [0.1, 0.15) is 0 Å². The van der Waals surface area contributed by atoms with Gasteiger partial charge in [-0.1, -0.05) is 20.8 Å². The number of amides is 2. The number of nitrogens with one attached hydrogen (secondary N) is 1. The summed E-state index contributed by atoms with van der Waals surface area (Å²) in [5, 5.41) is 2.85. The van der Waals surface area contributed by atoms with Gasteiger partial charge >= 0.3 is 5.97 Å². The predicted molar refractivity (Wildman–Crippen MR) is 93.9 cm³/mol. The Kier molecular flexibility index (Phi) is 8.89. The fourth-order valence-electron chi connectivity index (χ4n) is 2.67. The molecule has 0 aliphatic carbocycles. The molecule has 2 amide bonds. The molecular formula is C18H32N2O5. The number of hydrogen-bond acceptors (Lipinski definition) is 5. The first-order valence-electron chi connectivity index (χ1n) is 8.98. The molecule has 1 aliphatic heterocycles. The summed E-state index contributed by atoms with van der Waals surface area (Å²) in [6.07, 6.45) is 2.70. The van der Waals surface area contributed by atoms with E-state index in [0.717, 1.165) is 12.8 Å². The Bertz CT molecular complexity index is 453. The Balaban J connectivity index is 2.48. The molecule has 1 fully saturated rings. The average Bonchev–Trinajstić information content (AvgIpc) is 2.58. The van der Waals surface area contributed by atoms with Crippen LogP contribution in [0.2, 0.25) is 0 Å². The quantitative estimate of drug-likeness (QED) is 0.526. The Hall–Kier alpha value is -1.63. The Labute approximate surface area is 150 Å². The van der Waals surface area contributed by atoms with Crippen LogP contribution in [0.1, 0.15) is 52.9 Å². The van der Waals surface area contributed by atoms with Crippen LogP contribution in [-0.2, 0) is 23.9 Å². The second-order valence-corrected chi connectivity index (χ2v) is 7.37. The van der Waals surface area contributed by atoms with Crippen molar-refractivity contribution < 1.29 is 23.9 Å². The van der Waals surface area contributed by atoms with Gasteiger partial charge in [0, 0.05) is 44.2 Å². The van der Waals surface area contributed by atoms with E-state index in [1.807, 2.05) is 20.8 Å². The van der Waals surface area contributed by atoms with Crippen molar-refractivity contribution in [1.29, 1.82) is 0 Å². The molecule has 1 aliphatic rings. The summed E-state index contributed by atoms with van der Waals surface area (Å²) < 4.78 is 10.0.